The van der Waals surface area contributed by atoms with Gasteiger partial charge in [-0.15, -0.1) is 0 Å². The topological polar surface area (TPSA) is 79.8 Å². The van der Waals surface area contributed by atoms with E-state index in [0.717, 1.165) is 43.3 Å². The summed E-state index contributed by atoms with van der Waals surface area (Å²) in [6.07, 6.45) is 2.88. The molecule has 2 aromatic rings. The van der Waals surface area contributed by atoms with E-state index in [2.05, 4.69) is 41.6 Å². The molecule has 2 N–H and O–H groups in total. The highest BCUT2D eigenvalue weighted by Gasteiger charge is 2.06. The van der Waals surface area contributed by atoms with Crippen LogP contribution in [-0.2, 0) is 22.7 Å². The van der Waals surface area contributed by atoms with Gasteiger partial charge in [0.2, 0.25) is 0 Å². The molecule has 0 unspecified atom stereocenters. The zero-order chi connectivity index (χ0) is 22.0. The number of ether oxygens (including phenoxy) is 1. The van der Waals surface area contributed by atoms with Gasteiger partial charge in [-0.25, -0.2) is 8.42 Å². The van der Waals surface area contributed by atoms with Crippen LogP contribution in [0.3, 0.4) is 0 Å². The molecule has 0 radical (unpaired) electrons. The SMILES string of the molecule is CN=C(NCCc1ccc(OCC(C)C)cc1)NCCc1ccc(S(C)(=O)=O)cc1. The summed E-state index contributed by atoms with van der Waals surface area (Å²) >= 11 is 0. The molecular weight excluding hydrogens is 398 g/mol. The van der Waals surface area contributed by atoms with Gasteiger partial charge in [0.15, 0.2) is 15.8 Å². The van der Waals surface area contributed by atoms with Crippen molar-refractivity contribution in [3.8, 4) is 5.75 Å². The van der Waals surface area contributed by atoms with Crippen LogP contribution in [0.25, 0.3) is 0 Å². The number of hydrogen-bond donors (Lipinski definition) is 2. The smallest absolute Gasteiger partial charge is 0.190 e. The predicted molar refractivity (Wildman–Crippen MR) is 123 cm³/mol. The lowest BCUT2D eigenvalue weighted by Crippen LogP contribution is -2.39. The normalized spacial score (nSPS) is 12.1. The molecule has 164 valence electrons. The molecule has 0 bridgehead atoms. The van der Waals surface area contributed by atoms with Crippen molar-refractivity contribution in [3.63, 3.8) is 0 Å². The highest BCUT2D eigenvalue weighted by atomic mass is 32.2. The maximum absolute atomic E-state index is 11.5. The molecule has 0 aliphatic carbocycles. The summed E-state index contributed by atoms with van der Waals surface area (Å²) in [7, 11) is -1.40. The van der Waals surface area contributed by atoms with Crippen LogP contribution in [0.1, 0.15) is 25.0 Å². The molecule has 0 aromatic heterocycles. The van der Waals surface area contributed by atoms with Crippen LogP contribution in [0, 0.1) is 5.92 Å². The van der Waals surface area contributed by atoms with Crippen molar-refractivity contribution < 1.29 is 13.2 Å². The predicted octanol–water partition coefficient (Wildman–Crippen LogP) is 3.08. The van der Waals surface area contributed by atoms with Crippen LogP contribution in [0.15, 0.2) is 58.4 Å². The average Bonchev–Trinajstić information content (AvgIpc) is 2.71. The summed E-state index contributed by atoms with van der Waals surface area (Å²) in [6, 6.07) is 15.2. The van der Waals surface area contributed by atoms with Gasteiger partial charge in [-0.3, -0.25) is 4.99 Å². The second kappa shape index (κ2) is 11.6. The Kier molecular flexibility index (Phi) is 9.17. The lowest BCUT2D eigenvalue weighted by Gasteiger charge is -2.12. The summed E-state index contributed by atoms with van der Waals surface area (Å²) < 4.78 is 28.7. The first-order chi connectivity index (χ1) is 14.3. The zero-order valence-corrected chi connectivity index (χ0v) is 19.1. The summed E-state index contributed by atoms with van der Waals surface area (Å²) in [5, 5.41) is 6.60. The third-order valence-corrected chi connectivity index (χ3v) is 5.62. The van der Waals surface area contributed by atoms with Crippen LogP contribution < -0.4 is 15.4 Å². The summed E-state index contributed by atoms with van der Waals surface area (Å²) in [6.45, 7) is 6.48. The van der Waals surface area contributed by atoms with Gasteiger partial charge in [0, 0.05) is 26.4 Å². The molecule has 0 spiro atoms. The molecule has 0 heterocycles. The molecule has 2 aromatic carbocycles. The Hall–Kier alpha value is -2.54. The molecule has 0 atom stereocenters. The maximum Gasteiger partial charge on any atom is 0.190 e. The van der Waals surface area contributed by atoms with Gasteiger partial charge in [0.25, 0.3) is 0 Å². The Balaban J connectivity index is 1.71. The number of rotatable bonds is 10. The van der Waals surface area contributed by atoms with E-state index in [1.165, 1.54) is 11.8 Å². The summed E-state index contributed by atoms with van der Waals surface area (Å²) in [4.78, 5) is 4.59. The van der Waals surface area contributed by atoms with Crippen LogP contribution in [0.4, 0.5) is 0 Å². The first-order valence-corrected chi connectivity index (χ1v) is 12.1. The van der Waals surface area contributed by atoms with E-state index in [1.54, 1.807) is 19.2 Å². The van der Waals surface area contributed by atoms with Crippen molar-refractivity contribution in [3.05, 3.63) is 59.7 Å². The molecule has 30 heavy (non-hydrogen) atoms. The second-order valence-corrected chi connectivity index (χ2v) is 9.71. The second-order valence-electron chi connectivity index (χ2n) is 7.69. The third kappa shape index (κ3) is 8.45. The van der Waals surface area contributed by atoms with E-state index < -0.39 is 9.84 Å². The number of sulfone groups is 1. The Morgan fingerprint density at radius 1 is 0.933 bits per heavy atom. The van der Waals surface area contributed by atoms with E-state index in [0.29, 0.717) is 17.4 Å². The fourth-order valence-corrected chi connectivity index (χ4v) is 3.42. The minimum absolute atomic E-state index is 0.344. The monoisotopic (exact) mass is 431 g/mol. The molecule has 2 rings (SSSR count). The largest absolute Gasteiger partial charge is 0.493 e. The quantitative estimate of drug-likeness (QED) is 0.446. The Labute approximate surface area is 180 Å². The van der Waals surface area contributed by atoms with Gasteiger partial charge in [-0.1, -0.05) is 38.1 Å². The van der Waals surface area contributed by atoms with Crippen LogP contribution in [-0.4, -0.2) is 47.4 Å². The number of nitrogens with zero attached hydrogens (tertiary/aromatic N) is 1. The first kappa shape index (κ1) is 23.7. The van der Waals surface area contributed by atoms with E-state index in [4.69, 9.17) is 4.74 Å². The maximum atomic E-state index is 11.5. The molecule has 0 saturated heterocycles. The fourth-order valence-electron chi connectivity index (χ4n) is 2.79. The van der Waals surface area contributed by atoms with Crippen molar-refractivity contribution >= 4 is 15.8 Å². The van der Waals surface area contributed by atoms with Crippen molar-refractivity contribution in [2.24, 2.45) is 10.9 Å². The molecular formula is C23H33N3O3S. The van der Waals surface area contributed by atoms with Gasteiger partial charge >= 0.3 is 0 Å². The van der Waals surface area contributed by atoms with Gasteiger partial charge in [0.05, 0.1) is 11.5 Å². The molecule has 0 aliphatic rings. The number of aliphatic imine (C=N–C) groups is 1. The lowest BCUT2D eigenvalue weighted by molar-refractivity contribution is 0.271. The van der Waals surface area contributed by atoms with Gasteiger partial charge in [-0.2, -0.15) is 0 Å². The molecule has 6 nitrogen and oxygen atoms in total. The molecule has 0 amide bonds. The molecule has 0 saturated carbocycles. The van der Waals surface area contributed by atoms with Crippen molar-refractivity contribution in [1.82, 2.24) is 10.6 Å². The van der Waals surface area contributed by atoms with Crippen molar-refractivity contribution in [2.45, 2.75) is 31.6 Å². The molecule has 7 heteroatoms. The minimum atomic E-state index is -3.15. The first-order valence-electron chi connectivity index (χ1n) is 10.2. The fraction of sp³-hybridized carbons (Fsp3) is 0.435. The highest BCUT2D eigenvalue weighted by Crippen LogP contribution is 2.13. The highest BCUT2D eigenvalue weighted by molar-refractivity contribution is 7.90. The Bertz CT molecular complexity index is 906. The van der Waals surface area contributed by atoms with Crippen molar-refractivity contribution in [1.29, 1.82) is 0 Å². The summed E-state index contributed by atoms with van der Waals surface area (Å²) in [5.41, 5.74) is 2.31. The zero-order valence-electron chi connectivity index (χ0n) is 18.3. The Morgan fingerprint density at radius 3 is 1.87 bits per heavy atom. The molecule has 0 fully saturated rings. The number of nitrogens with one attached hydrogen (secondary N) is 2. The Morgan fingerprint density at radius 2 is 1.43 bits per heavy atom. The minimum Gasteiger partial charge on any atom is -0.493 e. The average molecular weight is 432 g/mol. The number of hydrogen-bond acceptors (Lipinski definition) is 4. The van der Waals surface area contributed by atoms with Gasteiger partial charge < -0.3 is 15.4 Å². The number of benzene rings is 2. The van der Waals surface area contributed by atoms with Crippen LogP contribution in [0.2, 0.25) is 0 Å². The van der Waals surface area contributed by atoms with E-state index >= 15 is 0 Å². The van der Waals surface area contributed by atoms with E-state index in [9.17, 15) is 8.42 Å². The number of guanidine groups is 1. The standard InChI is InChI=1S/C23H33N3O3S/c1-18(2)17-29-21-9-5-19(6-10-21)13-15-25-23(24-3)26-16-14-20-7-11-22(12-8-20)30(4,27)28/h5-12,18H,13-17H2,1-4H3,(H2,24,25,26). The summed E-state index contributed by atoms with van der Waals surface area (Å²) in [5.74, 6) is 2.17. The third-order valence-electron chi connectivity index (χ3n) is 4.49. The molecule has 0 aliphatic heterocycles. The van der Waals surface area contributed by atoms with Crippen LogP contribution in [0.5, 0.6) is 5.75 Å². The van der Waals surface area contributed by atoms with Gasteiger partial charge in [-0.05, 0) is 54.2 Å². The van der Waals surface area contributed by atoms with E-state index in [-0.39, 0.29) is 0 Å². The lowest BCUT2D eigenvalue weighted by atomic mass is 10.1. The van der Waals surface area contributed by atoms with Gasteiger partial charge in [0.1, 0.15) is 5.75 Å². The van der Waals surface area contributed by atoms with Crippen LogP contribution >= 0.6 is 0 Å². The van der Waals surface area contributed by atoms with E-state index in [1.807, 2.05) is 24.3 Å². The van der Waals surface area contributed by atoms with Crippen molar-refractivity contribution in [2.75, 3.05) is 33.0 Å².